The first kappa shape index (κ1) is 27.1. The highest BCUT2D eigenvalue weighted by atomic mass is 32.1. The van der Waals surface area contributed by atoms with Gasteiger partial charge in [0.15, 0.2) is 0 Å². The van der Waals surface area contributed by atoms with E-state index in [1.807, 2.05) is 26.8 Å². The summed E-state index contributed by atoms with van der Waals surface area (Å²) in [5.41, 5.74) is 4.05. The summed E-state index contributed by atoms with van der Waals surface area (Å²) in [6.07, 6.45) is 12.8. The number of carbonyl (C=O) groups excluding carboxylic acids is 1. The van der Waals surface area contributed by atoms with Gasteiger partial charge in [-0.05, 0) is 75.2 Å². The Kier molecular flexibility index (Phi) is 7.94. The average molecular weight is 519 g/mol. The Morgan fingerprint density at radius 2 is 1.97 bits per heavy atom. The number of carbonyl (C=O) groups is 1. The van der Waals surface area contributed by atoms with Crippen molar-refractivity contribution in [3.05, 3.63) is 69.1 Å². The molecule has 2 N–H and O–H groups in total. The molecule has 1 amide bonds. The molecule has 2 aliphatic carbocycles. The van der Waals surface area contributed by atoms with Crippen LogP contribution in [0.5, 0.6) is 0 Å². The SMILES string of the molecule is C/C(=C(/C#N)C(=O)NC(C)(C)CCO)c1ccc(C2=CC3=CC=C(N4CCN(C)CC4)CC3(C)C=C2)s1. The monoisotopic (exact) mass is 518 g/mol. The van der Waals surface area contributed by atoms with Gasteiger partial charge in [-0.2, -0.15) is 5.26 Å². The molecular formula is C30H38N4O2S. The number of hydrogen-bond donors (Lipinski definition) is 2. The van der Waals surface area contributed by atoms with Gasteiger partial charge in [0.2, 0.25) is 0 Å². The number of allylic oxidation sites excluding steroid dienone is 9. The molecule has 0 spiro atoms. The van der Waals surface area contributed by atoms with E-state index in [2.05, 4.69) is 71.6 Å². The number of nitriles is 1. The number of fused-ring (bicyclic) bond motifs is 1. The third-order valence-electron chi connectivity index (χ3n) is 7.68. The molecule has 196 valence electrons. The minimum absolute atomic E-state index is 0.0136. The number of nitrogens with zero attached hydrogens (tertiary/aromatic N) is 3. The molecule has 6 nitrogen and oxygen atoms in total. The zero-order valence-electron chi connectivity index (χ0n) is 22.6. The molecule has 7 heteroatoms. The van der Waals surface area contributed by atoms with Crippen molar-refractivity contribution in [1.29, 1.82) is 5.26 Å². The van der Waals surface area contributed by atoms with Crippen molar-refractivity contribution in [2.45, 2.75) is 46.1 Å². The Morgan fingerprint density at radius 3 is 2.65 bits per heavy atom. The summed E-state index contributed by atoms with van der Waals surface area (Å²) in [5.74, 6) is -0.406. The number of thiophene rings is 1. The number of likely N-dealkylation sites (N-methyl/N-ethyl adjacent to an activating group) is 1. The molecule has 2 heterocycles. The van der Waals surface area contributed by atoms with E-state index in [0.717, 1.165) is 47.9 Å². The summed E-state index contributed by atoms with van der Waals surface area (Å²) in [5, 5.41) is 21.9. The van der Waals surface area contributed by atoms with Gasteiger partial charge >= 0.3 is 0 Å². The van der Waals surface area contributed by atoms with Crippen LogP contribution in [0.1, 0.15) is 50.3 Å². The topological polar surface area (TPSA) is 79.6 Å². The molecule has 3 aliphatic rings. The van der Waals surface area contributed by atoms with Gasteiger partial charge in [0, 0.05) is 65.6 Å². The first-order valence-electron chi connectivity index (χ1n) is 13.0. The van der Waals surface area contributed by atoms with Gasteiger partial charge in [-0.3, -0.25) is 4.79 Å². The van der Waals surface area contributed by atoms with Crippen LogP contribution in [0.3, 0.4) is 0 Å². The fraction of sp³-hybridized carbons (Fsp3) is 0.467. The summed E-state index contributed by atoms with van der Waals surface area (Å²) in [6.45, 7) is 12.2. The summed E-state index contributed by atoms with van der Waals surface area (Å²) in [7, 11) is 2.19. The number of aliphatic hydroxyl groups excluding tert-OH is 1. The molecule has 1 aromatic heterocycles. The van der Waals surface area contributed by atoms with Crippen LogP contribution in [0.15, 0.2) is 59.4 Å². The third-order valence-corrected chi connectivity index (χ3v) is 8.93. The first-order valence-corrected chi connectivity index (χ1v) is 13.8. The highest BCUT2D eigenvalue weighted by Gasteiger charge is 2.33. The lowest BCUT2D eigenvalue weighted by atomic mass is 9.71. The summed E-state index contributed by atoms with van der Waals surface area (Å²) >= 11 is 1.59. The molecule has 4 rings (SSSR count). The molecule has 1 saturated heterocycles. The Hall–Kier alpha value is -2.92. The van der Waals surface area contributed by atoms with Gasteiger partial charge in [0.05, 0.1) is 0 Å². The van der Waals surface area contributed by atoms with Crippen molar-refractivity contribution in [1.82, 2.24) is 15.1 Å². The minimum Gasteiger partial charge on any atom is -0.396 e. The third kappa shape index (κ3) is 5.98. The normalized spacial score (nSPS) is 22.8. The fourth-order valence-corrected chi connectivity index (χ4v) is 6.08. The molecule has 1 atom stereocenters. The number of rotatable bonds is 7. The van der Waals surface area contributed by atoms with E-state index in [-0.39, 0.29) is 17.6 Å². The van der Waals surface area contributed by atoms with Crippen molar-refractivity contribution in [2.24, 2.45) is 5.41 Å². The van der Waals surface area contributed by atoms with Crippen LogP contribution in [0, 0.1) is 16.7 Å². The van der Waals surface area contributed by atoms with E-state index < -0.39 is 11.4 Å². The zero-order chi connectivity index (χ0) is 26.8. The lowest BCUT2D eigenvalue weighted by molar-refractivity contribution is -0.118. The second-order valence-corrected chi connectivity index (χ2v) is 12.3. The van der Waals surface area contributed by atoms with Crippen LogP contribution in [-0.4, -0.2) is 66.2 Å². The van der Waals surface area contributed by atoms with Gasteiger partial charge < -0.3 is 20.2 Å². The smallest absolute Gasteiger partial charge is 0.262 e. The van der Waals surface area contributed by atoms with E-state index >= 15 is 0 Å². The maximum Gasteiger partial charge on any atom is 0.262 e. The van der Waals surface area contributed by atoms with Crippen molar-refractivity contribution in [3.63, 3.8) is 0 Å². The molecule has 37 heavy (non-hydrogen) atoms. The number of nitrogens with one attached hydrogen (secondary N) is 1. The van der Waals surface area contributed by atoms with Crippen LogP contribution in [-0.2, 0) is 4.79 Å². The van der Waals surface area contributed by atoms with Gasteiger partial charge in [-0.25, -0.2) is 0 Å². The second-order valence-electron chi connectivity index (χ2n) is 11.2. The van der Waals surface area contributed by atoms with E-state index in [0.29, 0.717) is 12.0 Å². The number of hydrogen-bond acceptors (Lipinski definition) is 6. The molecule has 1 unspecified atom stereocenters. The van der Waals surface area contributed by atoms with Gasteiger partial charge in [0.25, 0.3) is 5.91 Å². The Balaban J connectivity index is 1.54. The fourth-order valence-electron chi connectivity index (χ4n) is 5.07. The highest BCUT2D eigenvalue weighted by molar-refractivity contribution is 7.14. The zero-order valence-corrected chi connectivity index (χ0v) is 23.4. The van der Waals surface area contributed by atoms with Crippen LogP contribution in [0.25, 0.3) is 11.1 Å². The van der Waals surface area contributed by atoms with E-state index in [1.54, 1.807) is 11.3 Å². The number of amides is 1. The first-order chi connectivity index (χ1) is 17.5. The highest BCUT2D eigenvalue weighted by Crippen LogP contribution is 2.45. The summed E-state index contributed by atoms with van der Waals surface area (Å²) in [4.78, 5) is 19.8. The van der Waals surface area contributed by atoms with Crippen molar-refractivity contribution >= 4 is 28.4 Å². The Morgan fingerprint density at radius 1 is 1.24 bits per heavy atom. The van der Waals surface area contributed by atoms with Crippen LogP contribution in [0.4, 0.5) is 0 Å². The van der Waals surface area contributed by atoms with Crippen molar-refractivity contribution < 1.29 is 9.90 Å². The lowest BCUT2D eigenvalue weighted by Crippen LogP contribution is -2.44. The molecule has 1 fully saturated rings. The predicted octanol–water partition coefficient (Wildman–Crippen LogP) is 4.74. The average Bonchev–Trinajstić information content (AvgIpc) is 3.34. The van der Waals surface area contributed by atoms with Gasteiger partial charge in [-0.1, -0.05) is 25.2 Å². The quantitative estimate of drug-likeness (QED) is 0.403. The molecule has 0 aromatic carbocycles. The number of piperazine rings is 1. The minimum atomic E-state index is -0.592. The number of aliphatic hydroxyl groups is 1. The van der Waals surface area contributed by atoms with E-state index in [9.17, 15) is 15.2 Å². The molecular weight excluding hydrogens is 480 g/mol. The van der Waals surface area contributed by atoms with Crippen molar-refractivity contribution in [2.75, 3.05) is 39.8 Å². The second kappa shape index (κ2) is 10.8. The van der Waals surface area contributed by atoms with Gasteiger partial charge in [-0.15, -0.1) is 11.3 Å². The maximum atomic E-state index is 12.8. The van der Waals surface area contributed by atoms with E-state index in [1.165, 1.54) is 11.3 Å². The van der Waals surface area contributed by atoms with Crippen LogP contribution in [0.2, 0.25) is 0 Å². The summed E-state index contributed by atoms with van der Waals surface area (Å²) < 4.78 is 0. The Labute approximate surface area is 225 Å². The molecule has 0 radical (unpaired) electrons. The van der Waals surface area contributed by atoms with Crippen LogP contribution < -0.4 is 5.32 Å². The largest absolute Gasteiger partial charge is 0.396 e. The van der Waals surface area contributed by atoms with Crippen LogP contribution >= 0.6 is 11.3 Å². The molecule has 0 saturated carbocycles. The van der Waals surface area contributed by atoms with E-state index in [4.69, 9.17) is 0 Å². The standard InChI is InChI=1S/C30H38N4O2S/c1-21(25(20-31)28(36)32-29(2,3)12-17-35)26-8-9-27(37-26)22-10-11-30(4)19-24(7-6-23(30)18-22)34-15-13-33(5)14-16-34/h6-11,18,35H,12-17,19H2,1-5H3,(H,32,36)/b25-21+. The molecule has 1 aromatic rings. The van der Waals surface area contributed by atoms with Crippen molar-refractivity contribution in [3.8, 4) is 6.07 Å². The maximum absolute atomic E-state index is 12.8. The summed E-state index contributed by atoms with van der Waals surface area (Å²) in [6, 6.07) is 6.15. The predicted molar refractivity (Wildman–Crippen MR) is 152 cm³/mol. The lowest BCUT2D eigenvalue weighted by Gasteiger charge is -2.41. The molecule has 0 bridgehead atoms. The molecule has 1 aliphatic heterocycles. The Bertz CT molecular complexity index is 1250. The van der Waals surface area contributed by atoms with Gasteiger partial charge in [0.1, 0.15) is 11.6 Å².